The van der Waals surface area contributed by atoms with Crippen molar-refractivity contribution in [1.82, 2.24) is 0 Å². The Hall–Kier alpha value is 2.64. The third kappa shape index (κ3) is 72.5. The minimum atomic E-state index is -5.17. The summed E-state index contributed by atoms with van der Waals surface area (Å²) in [5.41, 5.74) is 0. The van der Waals surface area contributed by atoms with E-state index in [9.17, 15) is 0 Å². The van der Waals surface area contributed by atoms with Gasteiger partial charge >= 0.3 is 82.2 Å². The SMILES string of the molecule is O=S(=O)([O-])[O-].[Mg+2].[Na+].[Na+]. The van der Waals surface area contributed by atoms with Gasteiger partial charge in [0.25, 0.3) is 0 Å². The quantitative estimate of drug-likeness (QED) is 0.203. The maximum atomic E-state index is 8.52. The van der Waals surface area contributed by atoms with Crippen LogP contribution < -0.4 is 59.1 Å². The second-order valence-corrected chi connectivity index (χ2v) is 1.22. The Morgan fingerprint density at radius 1 is 1.00 bits per heavy atom. The molecule has 8 heavy (non-hydrogen) atoms. The predicted molar refractivity (Wildman–Crippen MR) is 16.2 cm³/mol. The van der Waals surface area contributed by atoms with Crippen molar-refractivity contribution in [3.63, 3.8) is 0 Å². The van der Waals surface area contributed by atoms with Crippen LogP contribution in [0.4, 0.5) is 0 Å². The molecule has 0 saturated heterocycles. The molecule has 0 fully saturated rings. The molecule has 0 spiro atoms. The third-order valence-electron chi connectivity index (χ3n) is 0. The van der Waals surface area contributed by atoms with Crippen molar-refractivity contribution in [1.29, 1.82) is 0 Å². The Morgan fingerprint density at radius 3 is 1.00 bits per heavy atom. The van der Waals surface area contributed by atoms with Crippen LogP contribution in [0.15, 0.2) is 0 Å². The zero-order valence-corrected chi connectivity index (χ0v) is 11.0. The largest absolute Gasteiger partial charge is 2.00 e. The van der Waals surface area contributed by atoms with E-state index in [1.165, 1.54) is 0 Å². The van der Waals surface area contributed by atoms with Crippen LogP contribution in [-0.4, -0.2) is 40.6 Å². The topological polar surface area (TPSA) is 80.3 Å². The molecule has 0 aliphatic rings. The first-order chi connectivity index (χ1) is 2.00. The van der Waals surface area contributed by atoms with Crippen molar-refractivity contribution in [2.24, 2.45) is 0 Å². The van der Waals surface area contributed by atoms with Gasteiger partial charge in [0.15, 0.2) is 0 Å². The molecule has 0 aliphatic carbocycles. The molecule has 0 aromatic heterocycles. The summed E-state index contributed by atoms with van der Waals surface area (Å²) >= 11 is 0. The minimum Gasteiger partial charge on any atom is -0.759 e. The van der Waals surface area contributed by atoms with Crippen LogP contribution in [0, 0.1) is 0 Å². The van der Waals surface area contributed by atoms with Gasteiger partial charge in [0.1, 0.15) is 0 Å². The van der Waals surface area contributed by atoms with Crippen LogP contribution in [0.25, 0.3) is 0 Å². The first-order valence-corrected chi connectivity index (χ1v) is 2.00. The molecule has 0 rings (SSSR count). The van der Waals surface area contributed by atoms with Crippen molar-refractivity contribution in [3.8, 4) is 0 Å². The molecule has 0 aromatic carbocycles. The monoisotopic (exact) mass is 166 g/mol. The molecule has 0 aliphatic heterocycles. The minimum absolute atomic E-state index is 0. The summed E-state index contributed by atoms with van der Waals surface area (Å²) in [6, 6.07) is 0. The van der Waals surface area contributed by atoms with E-state index < -0.39 is 10.4 Å². The molecular weight excluding hydrogens is 166 g/mol. The van der Waals surface area contributed by atoms with E-state index >= 15 is 0 Å². The van der Waals surface area contributed by atoms with Crippen LogP contribution >= 0.6 is 0 Å². The summed E-state index contributed by atoms with van der Waals surface area (Å²) in [6.07, 6.45) is 0. The van der Waals surface area contributed by atoms with Crippen molar-refractivity contribution < 1.29 is 76.6 Å². The second kappa shape index (κ2) is 9.64. The molecular formula is MgNa2O4S+2. The molecule has 0 amide bonds. The fourth-order valence-electron chi connectivity index (χ4n) is 0. The van der Waals surface area contributed by atoms with E-state index in [0.717, 1.165) is 0 Å². The summed E-state index contributed by atoms with van der Waals surface area (Å²) in [4.78, 5) is 0. The zero-order valence-electron chi connectivity index (χ0n) is 4.75. The van der Waals surface area contributed by atoms with Gasteiger partial charge in [-0.2, -0.15) is 0 Å². The molecule has 0 bridgehead atoms. The van der Waals surface area contributed by atoms with Gasteiger partial charge in [-0.3, -0.25) is 8.42 Å². The summed E-state index contributed by atoms with van der Waals surface area (Å²) in [5.74, 6) is 0. The summed E-state index contributed by atoms with van der Waals surface area (Å²) in [6.45, 7) is 0. The zero-order chi connectivity index (χ0) is 4.50. The maximum absolute atomic E-state index is 8.52. The average Bonchev–Trinajstić information content (AvgIpc) is 0.722. The van der Waals surface area contributed by atoms with E-state index in [1.54, 1.807) is 0 Å². The molecule has 0 unspecified atom stereocenters. The smallest absolute Gasteiger partial charge is 0.759 e. The van der Waals surface area contributed by atoms with Crippen molar-refractivity contribution >= 4 is 33.5 Å². The molecule has 0 N–H and O–H groups in total. The van der Waals surface area contributed by atoms with E-state index in [4.69, 9.17) is 17.5 Å². The van der Waals surface area contributed by atoms with Gasteiger partial charge in [0.05, 0.1) is 0 Å². The summed E-state index contributed by atoms with van der Waals surface area (Å²) in [5, 5.41) is 0. The normalized spacial score (nSPS) is 7.25. The fraction of sp³-hybridized carbons (Fsp3) is 0. The van der Waals surface area contributed by atoms with Crippen molar-refractivity contribution in [2.75, 3.05) is 0 Å². The molecule has 0 saturated carbocycles. The van der Waals surface area contributed by atoms with Crippen LogP contribution in [0.3, 0.4) is 0 Å². The first kappa shape index (κ1) is 22.4. The van der Waals surface area contributed by atoms with Gasteiger partial charge in [0.2, 0.25) is 0 Å². The maximum Gasteiger partial charge on any atom is 2.00 e. The fourth-order valence-corrected chi connectivity index (χ4v) is 0. The Kier molecular flexibility index (Phi) is 27.0. The third-order valence-corrected chi connectivity index (χ3v) is 0. The summed E-state index contributed by atoms with van der Waals surface area (Å²) in [7, 11) is -5.17. The predicted octanol–water partition coefficient (Wildman–Crippen LogP) is -7.71. The second-order valence-electron chi connectivity index (χ2n) is 0.408. The number of hydrogen-bond acceptors (Lipinski definition) is 4. The van der Waals surface area contributed by atoms with E-state index in [0.29, 0.717) is 0 Å². The van der Waals surface area contributed by atoms with Gasteiger partial charge in [-0.25, -0.2) is 0 Å². The van der Waals surface area contributed by atoms with E-state index in [2.05, 4.69) is 0 Å². The van der Waals surface area contributed by atoms with Gasteiger partial charge in [-0.1, -0.05) is 0 Å². The molecule has 4 nitrogen and oxygen atoms in total. The van der Waals surface area contributed by atoms with Crippen LogP contribution in [0.2, 0.25) is 0 Å². The molecule has 0 heterocycles. The molecule has 8 heteroatoms. The van der Waals surface area contributed by atoms with Gasteiger partial charge < -0.3 is 9.11 Å². The van der Waals surface area contributed by atoms with Gasteiger partial charge in [-0.15, -0.1) is 0 Å². The Labute approximate surface area is 108 Å². The molecule has 0 aromatic rings. The number of hydrogen-bond donors (Lipinski definition) is 0. The average molecular weight is 166 g/mol. The van der Waals surface area contributed by atoms with Crippen molar-refractivity contribution in [3.05, 3.63) is 0 Å². The molecule has 32 valence electrons. The van der Waals surface area contributed by atoms with E-state index in [-0.39, 0.29) is 82.2 Å². The molecule has 0 atom stereocenters. The van der Waals surface area contributed by atoms with Gasteiger partial charge in [0, 0.05) is 10.4 Å². The van der Waals surface area contributed by atoms with Gasteiger partial charge in [-0.05, 0) is 0 Å². The van der Waals surface area contributed by atoms with Crippen LogP contribution in [0.5, 0.6) is 0 Å². The van der Waals surface area contributed by atoms with Crippen molar-refractivity contribution in [2.45, 2.75) is 0 Å². The summed E-state index contributed by atoms with van der Waals surface area (Å²) < 4.78 is 34.1. The van der Waals surface area contributed by atoms with E-state index in [1.807, 2.05) is 0 Å². The van der Waals surface area contributed by atoms with Crippen LogP contribution in [-0.2, 0) is 10.4 Å². The molecule has 0 radical (unpaired) electrons. The Balaban J connectivity index is -0.0000000267. The Bertz CT molecular complexity index is 97.2. The van der Waals surface area contributed by atoms with Crippen LogP contribution in [0.1, 0.15) is 0 Å². The Morgan fingerprint density at radius 2 is 1.00 bits per heavy atom. The first-order valence-electron chi connectivity index (χ1n) is 0.667. The standard InChI is InChI=1S/Mg.2Na.H2O4S/c;;;1-5(2,3)4/h;;;(H2,1,2,3,4)/q+2;2*+1;/p-2. The number of rotatable bonds is 0.